The minimum Gasteiger partial charge on any atom is -0.480 e. The van der Waals surface area contributed by atoms with Gasteiger partial charge in [-0.15, -0.1) is 6.42 Å². The van der Waals surface area contributed by atoms with Gasteiger partial charge < -0.3 is 10.0 Å². The molecule has 1 unspecified atom stereocenters. The Morgan fingerprint density at radius 3 is 2.62 bits per heavy atom. The summed E-state index contributed by atoms with van der Waals surface area (Å²) in [4.78, 5) is 15.2. The van der Waals surface area contributed by atoms with Crippen LogP contribution in [0.1, 0.15) is 12.8 Å². The number of terminal acetylenes is 1. The third-order valence-electron chi connectivity index (χ3n) is 3.72. The zero-order valence-corrected chi connectivity index (χ0v) is 9.43. The highest BCUT2D eigenvalue weighted by Gasteiger charge is 2.37. The molecule has 3 heterocycles. The molecule has 1 N–H and O–H groups in total. The van der Waals surface area contributed by atoms with E-state index in [1.807, 2.05) is 4.90 Å². The van der Waals surface area contributed by atoms with Crippen LogP contribution in [-0.4, -0.2) is 59.6 Å². The quantitative estimate of drug-likeness (QED) is 0.685. The van der Waals surface area contributed by atoms with Gasteiger partial charge in [0.1, 0.15) is 0 Å². The van der Waals surface area contributed by atoms with Gasteiger partial charge in [-0.05, 0) is 31.8 Å². The second-order valence-electron chi connectivity index (χ2n) is 4.71. The van der Waals surface area contributed by atoms with Gasteiger partial charge in [0.05, 0.1) is 13.1 Å². The van der Waals surface area contributed by atoms with Crippen LogP contribution in [0, 0.1) is 18.3 Å². The van der Waals surface area contributed by atoms with Crippen molar-refractivity contribution in [3.05, 3.63) is 0 Å². The Morgan fingerprint density at radius 1 is 1.50 bits per heavy atom. The maximum Gasteiger partial charge on any atom is 0.317 e. The molecule has 1 atom stereocenters. The van der Waals surface area contributed by atoms with E-state index >= 15 is 0 Å². The largest absolute Gasteiger partial charge is 0.480 e. The molecule has 0 aliphatic carbocycles. The lowest BCUT2D eigenvalue weighted by atomic mass is 9.83. The first-order valence-corrected chi connectivity index (χ1v) is 5.82. The third-order valence-corrected chi connectivity index (χ3v) is 3.72. The summed E-state index contributed by atoms with van der Waals surface area (Å²) in [5.41, 5.74) is 0. The van der Waals surface area contributed by atoms with Gasteiger partial charge in [0, 0.05) is 12.6 Å². The van der Waals surface area contributed by atoms with Gasteiger partial charge in [-0.2, -0.15) is 0 Å². The average Bonchev–Trinajstić information content (AvgIpc) is 2.29. The Morgan fingerprint density at radius 2 is 2.19 bits per heavy atom. The normalized spacial score (nSPS) is 32.6. The molecule has 0 radical (unpaired) electrons. The van der Waals surface area contributed by atoms with Crippen molar-refractivity contribution in [2.45, 2.75) is 18.9 Å². The van der Waals surface area contributed by atoms with Crippen molar-refractivity contribution in [1.82, 2.24) is 9.80 Å². The number of carboxylic acid groups (broad SMARTS) is 1. The van der Waals surface area contributed by atoms with Crippen molar-refractivity contribution in [2.24, 2.45) is 5.92 Å². The zero-order valence-electron chi connectivity index (χ0n) is 9.43. The molecule has 3 fully saturated rings. The number of carbonyl (C=O) groups is 1. The number of carboxylic acids is 1. The maximum absolute atomic E-state index is 10.8. The predicted molar refractivity (Wildman–Crippen MR) is 61.0 cm³/mol. The molecular formula is C12H18N2O2. The monoisotopic (exact) mass is 222 g/mol. The second kappa shape index (κ2) is 4.86. The van der Waals surface area contributed by atoms with Crippen LogP contribution < -0.4 is 0 Å². The molecule has 0 spiro atoms. The topological polar surface area (TPSA) is 43.8 Å². The number of aliphatic carboxylic acids is 1. The van der Waals surface area contributed by atoms with Crippen LogP contribution in [0.5, 0.6) is 0 Å². The molecule has 88 valence electrons. The summed E-state index contributed by atoms with van der Waals surface area (Å²) < 4.78 is 0. The fourth-order valence-electron chi connectivity index (χ4n) is 2.93. The Labute approximate surface area is 96.2 Å². The van der Waals surface area contributed by atoms with Crippen molar-refractivity contribution in [3.8, 4) is 12.3 Å². The summed E-state index contributed by atoms with van der Waals surface area (Å²) in [5, 5.41) is 8.89. The molecule has 0 aromatic rings. The Kier molecular flexibility index (Phi) is 3.47. The van der Waals surface area contributed by atoms with Crippen molar-refractivity contribution < 1.29 is 9.90 Å². The summed E-state index contributed by atoms with van der Waals surface area (Å²) >= 11 is 0. The maximum atomic E-state index is 10.8. The minimum absolute atomic E-state index is 0.0687. The van der Waals surface area contributed by atoms with E-state index in [2.05, 4.69) is 10.8 Å². The minimum atomic E-state index is -0.785. The van der Waals surface area contributed by atoms with Crippen LogP contribution in [0.2, 0.25) is 0 Å². The van der Waals surface area contributed by atoms with Crippen molar-refractivity contribution >= 4 is 5.97 Å². The highest BCUT2D eigenvalue weighted by molar-refractivity contribution is 5.69. The predicted octanol–water partition coefficient (Wildman–Crippen LogP) is 0.100. The Hall–Kier alpha value is -1.05. The molecule has 16 heavy (non-hydrogen) atoms. The van der Waals surface area contributed by atoms with Crippen molar-refractivity contribution in [2.75, 3.05) is 32.7 Å². The first-order valence-electron chi connectivity index (χ1n) is 5.82. The first-order chi connectivity index (χ1) is 7.70. The number of fused-ring (bicyclic) bond motifs is 3. The van der Waals surface area contributed by atoms with Gasteiger partial charge in [-0.1, -0.05) is 5.92 Å². The van der Waals surface area contributed by atoms with E-state index in [0.29, 0.717) is 18.5 Å². The van der Waals surface area contributed by atoms with Crippen molar-refractivity contribution in [1.29, 1.82) is 0 Å². The highest BCUT2D eigenvalue weighted by atomic mass is 16.4. The van der Waals surface area contributed by atoms with E-state index < -0.39 is 5.97 Å². The lowest BCUT2D eigenvalue weighted by Gasteiger charge is -2.48. The number of rotatable bonds is 4. The molecule has 0 aromatic heterocycles. The molecule has 3 rings (SSSR count). The number of hydrogen-bond acceptors (Lipinski definition) is 3. The van der Waals surface area contributed by atoms with Gasteiger partial charge in [0.2, 0.25) is 0 Å². The van der Waals surface area contributed by atoms with Crippen LogP contribution in [0.3, 0.4) is 0 Å². The lowest BCUT2D eigenvalue weighted by molar-refractivity contribution is -0.139. The SMILES string of the molecule is C#CCN(CC(=O)O)C1CN2CCC1CC2. The molecule has 3 aliphatic heterocycles. The van der Waals surface area contributed by atoms with E-state index in [1.54, 1.807) is 0 Å². The van der Waals surface area contributed by atoms with Gasteiger partial charge in [0.25, 0.3) is 0 Å². The molecular weight excluding hydrogens is 204 g/mol. The molecule has 0 aromatic carbocycles. The Bertz CT molecular complexity index is 303. The summed E-state index contributed by atoms with van der Waals surface area (Å²) in [6.07, 6.45) is 7.68. The molecule has 3 saturated heterocycles. The van der Waals surface area contributed by atoms with Gasteiger partial charge in [-0.25, -0.2) is 0 Å². The Balaban J connectivity index is 2.02. The summed E-state index contributed by atoms with van der Waals surface area (Å²) in [5.74, 6) is 2.43. The number of nitrogens with zero attached hydrogens (tertiary/aromatic N) is 2. The van der Waals surface area contributed by atoms with E-state index in [9.17, 15) is 4.79 Å². The molecule has 4 nitrogen and oxygen atoms in total. The molecule has 2 bridgehead atoms. The van der Waals surface area contributed by atoms with Crippen molar-refractivity contribution in [3.63, 3.8) is 0 Å². The van der Waals surface area contributed by atoms with Crippen LogP contribution >= 0.6 is 0 Å². The van der Waals surface area contributed by atoms with E-state index in [1.165, 1.54) is 12.8 Å². The van der Waals surface area contributed by atoms with E-state index in [4.69, 9.17) is 11.5 Å². The van der Waals surface area contributed by atoms with Crippen LogP contribution in [-0.2, 0) is 4.79 Å². The molecule has 3 aliphatic rings. The molecule has 0 amide bonds. The number of piperidine rings is 3. The van der Waals surface area contributed by atoms with Gasteiger partial charge in [0.15, 0.2) is 0 Å². The second-order valence-corrected chi connectivity index (χ2v) is 4.71. The smallest absolute Gasteiger partial charge is 0.317 e. The fourth-order valence-corrected chi connectivity index (χ4v) is 2.93. The van der Waals surface area contributed by atoms with Gasteiger partial charge in [-0.3, -0.25) is 9.69 Å². The summed E-state index contributed by atoms with van der Waals surface area (Å²) in [6.45, 7) is 3.83. The lowest BCUT2D eigenvalue weighted by Crippen LogP contribution is -2.58. The van der Waals surface area contributed by atoms with E-state index in [0.717, 1.165) is 19.6 Å². The summed E-state index contributed by atoms with van der Waals surface area (Å²) in [6, 6.07) is 0.342. The van der Waals surface area contributed by atoms with Crippen LogP contribution in [0.25, 0.3) is 0 Å². The highest BCUT2D eigenvalue weighted by Crippen LogP contribution is 2.30. The molecule has 0 saturated carbocycles. The molecule has 4 heteroatoms. The summed E-state index contributed by atoms with van der Waals surface area (Å²) in [7, 11) is 0. The fraction of sp³-hybridized carbons (Fsp3) is 0.750. The average molecular weight is 222 g/mol. The van der Waals surface area contributed by atoms with E-state index in [-0.39, 0.29) is 6.54 Å². The standard InChI is InChI=1S/C12H18N2O2/c1-2-5-14(9-12(15)16)11-8-13-6-3-10(11)4-7-13/h1,10-11H,3-9H2,(H,15,16). The van der Waals surface area contributed by atoms with Crippen LogP contribution in [0.4, 0.5) is 0 Å². The first kappa shape index (κ1) is 11.4. The zero-order chi connectivity index (χ0) is 11.5. The third kappa shape index (κ3) is 2.37. The van der Waals surface area contributed by atoms with Crippen LogP contribution in [0.15, 0.2) is 0 Å². The number of hydrogen-bond donors (Lipinski definition) is 1. The van der Waals surface area contributed by atoms with Gasteiger partial charge >= 0.3 is 5.97 Å².